The quantitative estimate of drug-likeness (QED) is 0.851. The lowest BCUT2D eigenvalue weighted by Gasteiger charge is -2.24. The SMILES string of the molecule is COc1ccc(C(NC(C)CC(F)(F)F)C2CC2)cc1. The summed E-state index contributed by atoms with van der Waals surface area (Å²) < 4.78 is 42.4. The minimum atomic E-state index is -4.12. The highest BCUT2D eigenvalue weighted by molar-refractivity contribution is 5.30. The summed E-state index contributed by atoms with van der Waals surface area (Å²) in [7, 11) is 1.59. The van der Waals surface area contributed by atoms with Gasteiger partial charge >= 0.3 is 6.18 Å². The van der Waals surface area contributed by atoms with Crippen LogP contribution in [0, 0.1) is 5.92 Å². The van der Waals surface area contributed by atoms with Gasteiger partial charge < -0.3 is 10.1 Å². The molecule has 2 unspecified atom stereocenters. The van der Waals surface area contributed by atoms with E-state index < -0.39 is 18.6 Å². The van der Waals surface area contributed by atoms with Crippen LogP contribution in [0.5, 0.6) is 5.75 Å². The average Bonchev–Trinajstić information content (AvgIpc) is 3.18. The Kier molecular flexibility index (Phi) is 4.58. The van der Waals surface area contributed by atoms with Crippen LogP contribution in [0.4, 0.5) is 13.2 Å². The lowest BCUT2D eigenvalue weighted by molar-refractivity contribution is -0.139. The van der Waals surface area contributed by atoms with Gasteiger partial charge in [-0.1, -0.05) is 12.1 Å². The van der Waals surface area contributed by atoms with Crippen molar-refractivity contribution in [2.24, 2.45) is 5.92 Å². The smallest absolute Gasteiger partial charge is 0.390 e. The number of hydrogen-bond donors (Lipinski definition) is 1. The molecule has 2 nitrogen and oxygen atoms in total. The first-order valence-corrected chi connectivity index (χ1v) is 6.86. The second-order valence-electron chi connectivity index (χ2n) is 5.48. The third-order valence-electron chi connectivity index (χ3n) is 3.57. The summed E-state index contributed by atoms with van der Waals surface area (Å²) in [4.78, 5) is 0. The van der Waals surface area contributed by atoms with Crippen molar-refractivity contribution in [3.8, 4) is 5.75 Å². The van der Waals surface area contributed by atoms with Gasteiger partial charge in [0.2, 0.25) is 0 Å². The van der Waals surface area contributed by atoms with Crippen molar-refractivity contribution in [3.05, 3.63) is 29.8 Å². The zero-order valence-electron chi connectivity index (χ0n) is 11.7. The van der Waals surface area contributed by atoms with E-state index >= 15 is 0 Å². The van der Waals surface area contributed by atoms with Crippen molar-refractivity contribution in [3.63, 3.8) is 0 Å². The highest BCUT2D eigenvalue weighted by Crippen LogP contribution is 2.42. The molecule has 1 fully saturated rings. The second kappa shape index (κ2) is 6.04. The molecule has 0 spiro atoms. The molecule has 1 aliphatic rings. The Labute approximate surface area is 117 Å². The van der Waals surface area contributed by atoms with Gasteiger partial charge in [-0.15, -0.1) is 0 Å². The van der Waals surface area contributed by atoms with Crippen LogP contribution in [0.2, 0.25) is 0 Å². The molecular weight excluding hydrogens is 267 g/mol. The lowest BCUT2D eigenvalue weighted by Crippen LogP contribution is -2.35. The van der Waals surface area contributed by atoms with Crippen LogP contribution in [0.25, 0.3) is 0 Å². The van der Waals surface area contributed by atoms with Gasteiger partial charge in [0.1, 0.15) is 5.75 Å². The van der Waals surface area contributed by atoms with E-state index in [1.54, 1.807) is 14.0 Å². The van der Waals surface area contributed by atoms with E-state index in [-0.39, 0.29) is 6.04 Å². The third-order valence-corrected chi connectivity index (χ3v) is 3.57. The van der Waals surface area contributed by atoms with E-state index in [1.165, 1.54) is 0 Å². The molecule has 1 aliphatic carbocycles. The Hall–Kier alpha value is -1.23. The Balaban J connectivity index is 2.03. The van der Waals surface area contributed by atoms with Crippen molar-refractivity contribution in [1.82, 2.24) is 5.32 Å². The van der Waals surface area contributed by atoms with E-state index in [9.17, 15) is 13.2 Å². The molecule has 5 heteroatoms. The van der Waals surface area contributed by atoms with Crippen LogP contribution in [-0.2, 0) is 0 Å². The van der Waals surface area contributed by atoms with Crippen molar-refractivity contribution < 1.29 is 17.9 Å². The first kappa shape index (κ1) is 15.2. The maximum atomic E-state index is 12.4. The number of nitrogens with one attached hydrogen (secondary N) is 1. The van der Waals surface area contributed by atoms with Gasteiger partial charge in [0.15, 0.2) is 0 Å². The topological polar surface area (TPSA) is 21.3 Å². The summed E-state index contributed by atoms with van der Waals surface area (Å²) in [6, 6.07) is 6.97. The molecule has 112 valence electrons. The van der Waals surface area contributed by atoms with E-state index in [1.807, 2.05) is 24.3 Å². The number of rotatable bonds is 6. The molecular formula is C15H20F3NO. The summed E-state index contributed by atoms with van der Waals surface area (Å²) >= 11 is 0. The average molecular weight is 287 g/mol. The number of ether oxygens (including phenoxy) is 1. The first-order valence-electron chi connectivity index (χ1n) is 6.86. The van der Waals surface area contributed by atoms with Gasteiger partial charge in [-0.05, 0) is 43.4 Å². The minimum Gasteiger partial charge on any atom is -0.497 e. The number of benzene rings is 1. The van der Waals surface area contributed by atoms with Crippen molar-refractivity contribution in [2.75, 3.05) is 7.11 Å². The largest absolute Gasteiger partial charge is 0.497 e. The van der Waals surface area contributed by atoms with E-state index in [4.69, 9.17) is 4.74 Å². The maximum absolute atomic E-state index is 12.4. The van der Waals surface area contributed by atoms with Gasteiger partial charge in [0.05, 0.1) is 13.5 Å². The Morgan fingerprint density at radius 3 is 2.30 bits per heavy atom. The fourth-order valence-electron chi connectivity index (χ4n) is 2.46. The van der Waals surface area contributed by atoms with Crippen LogP contribution >= 0.6 is 0 Å². The Morgan fingerprint density at radius 2 is 1.85 bits per heavy atom. The van der Waals surface area contributed by atoms with Gasteiger partial charge in [-0.2, -0.15) is 13.2 Å². The molecule has 0 saturated heterocycles. The summed E-state index contributed by atoms with van der Waals surface area (Å²) in [6.07, 6.45) is -2.78. The van der Waals surface area contributed by atoms with E-state index in [2.05, 4.69) is 5.32 Å². The molecule has 20 heavy (non-hydrogen) atoms. The predicted octanol–water partition coefficient (Wildman–Crippen LogP) is 4.08. The fourth-order valence-corrected chi connectivity index (χ4v) is 2.46. The van der Waals surface area contributed by atoms with Crippen molar-refractivity contribution in [1.29, 1.82) is 0 Å². The summed E-state index contributed by atoms with van der Waals surface area (Å²) in [5.74, 6) is 1.20. The Bertz CT molecular complexity index is 426. The highest BCUT2D eigenvalue weighted by atomic mass is 19.4. The van der Waals surface area contributed by atoms with Crippen molar-refractivity contribution >= 4 is 0 Å². The number of halogens is 3. The van der Waals surface area contributed by atoms with Crippen LogP contribution in [0.1, 0.15) is 37.8 Å². The third kappa shape index (κ3) is 4.40. The summed E-state index contributed by atoms with van der Waals surface area (Å²) in [6.45, 7) is 1.59. The summed E-state index contributed by atoms with van der Waals surface area (Å²) in [5.41, 5.74) is 1.03. The van der Waals surface area contributed by atoms with Crippen molar-refractivity contribution in [2.45, 2.75) is 44.4 Å². The van der Waals surface area contributed by atoms with E-state index in [0.29, 0.717) is 5.92 Å². The molecule has 0 bridgehead atoms. The molecule has 0 aromatic heterocycles. The zero-order chi connectivity index (χ0) is 14.8. The molecule has 1 N–H and O–H groups in total. The van der Waals surface area contributed by atoms with Gasteiger partial charge in [0, 0.05) is 12.1 Å². The molecule has 0 amide bonds. The van der Waals surface area contributed by atoms with Crippen LogP contribution in [0.3, 0.4) is 0 Å². The van der Waals surface area contributed by atoms with Gasteiger partial charge in [-0.3, -0.25) is 0 Å². The van der Waals surface area contributed by atoms with E-state index in [0.717, 1.165) is 24.2 Å². The molecule has 1 aromatic rings. The van der Waals surface area contributed by atoms with Gasteiger partial charge in [0.25, 0.3) is 0 Å². The monoisotopic (exact) mass is 287 g/mol. The minimum absolute atomic E-state index is 0.00161. The number of methoxy groups -OCH3 is 1. The second-order valence-corrected chi connectivity index (χ2v) is 5.48. The molecule has 1 saturated carbocycles. The molecule has 0 heterocycles. The standard InChI is InChI=1S/C15H20F3NO/c1-10(9-15(16,17)18)19-14(11-3-4-11)12-5-7-13(20-2)8-6-12/h5-8,10-11,14,19H,3-4,9H2,1-2H3. The first-order chi connectivity index (χ1) is 9.39. The molecule has 1 aromatic carbocycles. The Morgan fingerprint density at radius 1 is 1.25 bits per heavy atom. The molecule has 2 atom stereocenters. The van der Waals surface area contributed by atoms with Crippen LogP contribution in [-0.4, -0.2) is 19.3 Å². The van der Waals surface area contributed by atoms with Crippen LogP contribution < -0.4 is 10.1 Å². The molecule has 0 aliphatic heterocycles. The highest BCUT2D eigenvalue weighted by Gasteiger charge is 2.36. The zero-order valence-corrected chi connectivity index (χ0v) is 11.7. The van der Waals surface area contributed by atoms with Gasteiger partial charge in [-0.25, -0.2) is 0 Å². The molecule has 0 radical (unpaired) electrons. The number of alkyl halides is 3. The molecule has 2 rings (SSSR count). The predicted molar refractivity (Wildman–Crippen MR) is 71.7 cm³/mol. The lowest BCUT2D eigenvalue weighted by atomic mass is 10.0. The van der Waals surface area contributed by atoms with Crippen LogP contribution in [0.15, 0.2) is 24.3 Å². The normalized spacial score (nSPS) is 18.6. The summed E-state index contributed by atoms with van der Waals surface area (Å²) in [5, 5.41) is 3.13. The number of hydrogen-bond acceptors (Lipinski definition) is 2. The maximum Gasteiger partial charge on any atom is 0.390 e. The fraction of sp³-hybridized carbons (Fsp3) is 0.600.